The van der Waals surface area contributed by atoms with Crippen LogP contribution in [-0.2, 0) is 0 Å². The van der Waals surface area contributed by atoms with E-state index in [1.807, 2.05) is 0 Å². The summed E-state index contributed by atoms with van der Waals surface area (Å²) >= 11 is 5.83. The Kier molecular flexibility index (Phi) is 2.59. The highest BCUT2D eigenvalue weighted by molar-refractivity contribution is 6.32. The zero-order valence-corrected chi connectivity index (χ0v) is 8.31. The first-order chi connectivity index (χ1) is 7.25. The Morgan fingerprint density at radius 1 is 1.33 bits per heavy atom. The van der Waals surface area contributed by atoms with Crippen molar-refractivity contribution in [1.29, 1.82) is 0 Å². The summed E-state index contributed by atoms with van der Waals surface area (Å²) in [6, 6.07) is 1.67. The van der Waals surface area contributed by atoms with Gasteiger partial charge in [-0.05, 0) is 6.07 Å². The maximum absolute atomic E-state index is 5.83. The molecular weight excluding hydrogens is 216 g/mol. The zero-order chi connectivity index (χ0) is 10.7. The lowest BCUT2D eigenvalue weighted by Crippen LogP contribution is -2.00. The van der Waals surface area contributed by atoms with Crippen molar-refractivity contribution < 1.29 is 0 Å². The monoisotopic (exact) mass is 222 g/mol. The standard InChI is InChI=1S/C8H7ClN6/c9-7-5(3-11-4-13-7)14-6-1-2-12-8(10)15-6/h1-4H,(H3,10,12,14,15). The lowest BCUT2D eigenvalue weighted by Gasteiger charge is -2.05. The summed E-state index contributed by atoms with van der Waals surface area (Å²) < 4.78 is 0. The Balaban J connectivity index is 2.26. The van der Waals surface area contributed by atoms with E-state index in [-0.39, 0.29) is 5.95 Å². The van der Waals surface area contributed by atoms with Gasteiger partial charge in [0.15, 0.2) is 5.15 Å². The van der Waals surface area contributed by atoms with Gasteiger partial charge in [-0.3, -0.25) is 0 Å². The number of nitrogens with zero attached hydrogens (tertiary/aromatic N) is 4. The van der Waals surface area contributed by atoms with E-state index in [2.05, 4.69) is 25.3 Å². The molecular formula is C8H7ClN6. The number of halogens is 1. The molecule has 2 heterocycles. The van der Waals surface area contributed by atoms with Crippen molar-refractivity contribution in [3.05, 3.63) is 29.9 Å². The third-order valence-electron chi connectivity index (χ3n) is 1.60. The topological polar surface area (TPSA) is 89.6 Å². The van der Waals surface area contributed by atoms with Gasteiger partial charge in [0.05, 0.1) is 11.9 Å². The summed E-state index contributed by atoms with van der Waals surface area (Å²) in [4.78, 5) is 15.4. The van der Waals surface area contributed by atoms with Crippen molar-refractivity contribution in [2.24, 2.45) is 0 Å². The molecule has 0 saturated heterocycles. The van der Waals surface area contributed by atoms with Gasteiger partial charge in [0.2, 0.25) is 5.95 Å². The van der Waals surface area contributed by atoms with Gasteiger partial charge in [0.1, 0.15) is 12.1 Å². The van der Waals surface area contributed by atoms with Gasteiger partial charge in [-0.2, -0.15) is 4.98 Å². The van der Waals surface area contributed by atoms with E-state index < -0.39 is 0 Å². The molecule has 0 saturated carbocycles. The molecule has 0 fully saturated rings. The molecule has 0 aromatic carbocycles. The Morgan fingerprint density at radius 3 is 2.93 bits per heavy atom. The summed E-state index contributed by atoms with van der Waals surface area (Å²) in [5, 5.41) is 3.25. The van der Waals surface area contributed by atoms with E-state index in [1.165, 1.54) is 6.33 Å². The van der Waals surface area contributed by atoms with Crippen molar-refractivity contribution >= 4 is 29.1 Å². The second-order valence-electron chi connectivity index (χ2n) is 2.65. The maximum Gasteiger partial charge on any atom is 0.221 e. The van der Waals surface area contributed by atoms with Gasteiger partial charge in [-0.1, -0.05) is 11.6 Å². The van der Waals surface area contributed by atoms with Gasteiger partial charge in [0, 0.05) is 6.20 Å². The molecule has 0 aliphatic rings. The Bertz CT molecular complexity index is 474. The van der Waals surface area contributed by atoms with Crippen LogP contribution in [0.4, 0.5) is 17.5 Å². The minimum atomic E-state index is 0.188. The molecule has 76 valence electrons. The fourth-order valence-corrected chi connectivity index (χ4v) is 1.12. The van der Waals surface area contributed by atoms with Crippen LogP contribution in [0, 0.1) is 0 Å². The van der Waals surface area contributed by atoms with Crippen LogP contribution in [0.15, 0.2) is 24.8 Å². The highest BCUT2D eigenvalue weighted by Gasteiger charge is 2.02. The smallest absolute Gasteiger partial charge is 0.221 e. The lowest BCUT2D eigenvalue weighted by atomic mass is 10.5. The van der Waals surface area contributed by atoms with Crippen LogP contribution in [0.5, 0.6) is 0 Å². The predicted molar refractivity (Wildman–Crippen MR) is 56.8 cm³/mol. The molecule has 2 rings (SSSR count). The number of aromatic nitrogens is 4. The molecule has 0 radical (unpaired) electrons. The van der Waals surface area contributed by atoms with Crippen LogP contribution in [0.3, 0.4) is 0 Å². The summed E-state index contributed by atoms with van der Waals surface area (Å²) in [6.45, 7) is 0. The van der Waals surface area contributed by atoms with E-state index in [1.54, 1.807) is 18.5 Å². The third kappa shape index (κ3) is 2.29. The summed E-state index contributed by atoms with van der Waals surface area (Å²) in [6.07, 6.45) is 4.46. The lowest BCUT2D eigenvalue weighted by molar-refractivity contribution is 1.15. The molecule has 0 aliphatic carbocycles. The SMILES string of the molecule is Nc1nccc(Nc2cncnc2Cl)n1. The molecule has 0 bridgehead atoms. The van der Waals surface area contributed by atoms with E-state index >= 15 is 0 Å². The molecule has 7 heteroatoms. The number of hydrogen-bond donors (Lipinski definition) is 2. The van der Waals surface area contributed by atoms with Crippen molar-refractivity contribution in [1.82, 2.24) is 19.9 Å². The molecule has 0 atom stereocenters. The molecule has 0 spiro atoms. The van der Waals surface area contributed by atoms with Crippen LogP contribution in [0.1, 0.15) is 0 Å². The van der Waals surface area contributed by atoms with E-state index in [9.17, 15) is 0 Å². The van der Waals surface area contributed by atoms with Gasteiger partial charge < -0.3 is 11.1 Å². The number of rotatable bonds is 2. The summed E-state index contributed by atoms with van der Waals surface area (Å²) in [5.74, 6) is 0.729. The molecule has 15 heavy (non-hydrogen) atoms. The minimum absolute atomic E-state index is 0.188. The number of nitrogens with one attached hydrogen (secondary N) is 1. The van der Waals surface area contributed by atoms with Crippen LogP contribution in [0.25, 0.3) is 0 Å². The van der Waals surface area contributed by atoms with Crippen molar-refractivity contribution in [2.75, 3.05) is 11.1 Å². The normalized spacial score (nSPS) is 9.93. The van der Waals surface area contributed by atoms with E-state index in [0.717, 1.165) is 0 Å². The number of nitrogen functional groups attached to an aromatic ring is 1. The average molecular weight is 223 g/mol. The third-order valence-corrected chi connectivity index (χ3v) is 1.90. The number of hydrogen-bond acceptors (Lipinski definition) is 6. The van der Waals surface area contributed by atoms with Crippen LogP contribution < -0.4 is 11.1 Å². The molecule has 2 aromatic rings. The first-order valence-corrected chi connectivity index (χ1v) is 4.44. The second-order valence-corrected chi connectivity index (χ2v) is 3.01. The van der Waals surface area contributed by atoms with Gasteiger partial charge >= 0.3 is 0 Å². The maximum atomic E-state index is 5.83. The molecule has 2 aromatic heterocycles. The van der Waals surface area contributed by atoms with E-state index in [0.29, 0.717) is 16.7 Å². The van der Waals surface area contributed by atoms with Crippen molar-refractivity contribution in [3.63, 3.8) is 0 Å². The van der Waals surface area contributed by atoms with Crippen molar-refractivity contribution in [3.8, 4) is 0 Å². The predicted octanol–water partition coefficient (Wildman–Crippen LogP) is 1.25. The van der Waals surface area contributed by atoms with Gasteiger partial charge in [0.25, 0.3) is 0 Å². The second kappa shape index (κ2) is 4.05. The van der Waals surface area contributed by atoms with Crippen LogP contribution >= 0.6 is 11.6 Å². The zero-order valence-electron chi connectivity index (χ0n) is 7.55. The molecule has 3 N–H and O–H groups in total. The Hall–Kier alpha value is -1.95. The average Bonchev–Trinajstić information content (AvgIpc) is 2.22. The van der Waals surface area contributed by atoms with E-state index in [4.69, 9.17) is 17.3 Å². The van der Waals surface area contributed by atoms with Gasteiger partial charge in [-0.15, -0.1) is 0 Å². The number of anilines is 3. The van der Waals surface area contributed by atoms with Crippen molar-refractivity contribution in [2.45, 2.75) is 0 Å². The molecule has 0 unspecified atom stereocenters. The Morgan fingerprint density at radius 2 is 2.20 bits per heavy atom. The molecule has 0 amide bonds. The van der Waals surface area contributed by atoms with Gasteiger partial charge in [-0.25, -0.2) is 15.0 Å². The fraction of sp³-hybridized carbons (Fsp3) is 0. The first kappa shape index (κ1) is 9.60. The van der Waals surface area contributed by atoms with Crippen LogP contribution in [-0.4, -0.2) is 19.9 Å². The summed E-state index contributed by atoms with van der Waals surface area (Å²) in [7, 11) is 0. The largest absolute Gasteiger partial charge is 0.368 e. The highest BCUT2D eigenvalue weighted by atomic mass is 35.5. The summed E-state index contributed by atoms with van der Waals surface area (Å²) in [5.41, 5.74) is 5.99. The minimum Gasteiger partial charge on any atom is -0.368 e. The molecule has 6 nitrogen and oxygen atoms in total. The highest BCUT2D eigenvalue weighted by Crippen LogP contribution is 2.20. The Labute approximate surface area is 90.6 Å². The molecule has 0 aliphatic heterocycles. The number of nitrogens with two attached hydrogens (primary N) is 1. The van der Waals surface area contributed by atoms with Crippen LogP contribution in [0.2, 0.25) is 5.15 Å². The quantitative estimate of drug-likeness (QED) is 0.744. The fourth-order valence-electron chi connectivity index (χ4n) is 0.980. The first-order valence-electron chi connectivity index (χ1n) is 4.07.